The van der Waals surface area contributed by atoms with Crippen molar-refractivity contribution in [3.05, 3.63) is 29.8 Å². The van der Waals surface area contributed by atoms with Crippen molar-refractivity contribution < 1.29 is 10.2 Å². The van der Waals surface area contributed by atoms with E-state index in [0.29, 0.717) is 18.0 Å². The number of nitrogens with one attached hydrogen (secondary N) is 1. The van der Waals surface area contributed by atoms with Crippen LogP contribution in [0.1, 0.15) is 38.2 Å². The number of hydrogen-bond acceptors (Lipinski definition) is 3. The second-order valence-corrected chi connectivity index (χ2v) is 5.14. The first-order valence-corrected chi connectivity index (χ1v) is 6.34. The molecule has 1 aliphatic rings. The minimum atomic E-state index is -0.972. The van der Waals surface area contributed by atoms with Crippen LogP contribution in [0.25, 0.3) is 0 Å². The molecule has 2 atom stereocenters. The maximum atomic E-state index is 10.5. The van der Waals surface area contributed by atoms with Gasteiger partial charge < -0.3 is 15.5 Å². The molecule has 1 fully saturated rings. The lowest BCUT2D eigenvalue weighted by atomic mass is 9.86. The van der Waals surface area contributed by atoms with Crippen LogP contribution in [0.5, 0.6) is 5.75 Å². The summed E-state index contributed by atoms with van der Waals surface area (Å²) >= 11 is 0. The topological polar surface area (TPSA) is 52.5 Å². The van der Waals surface area contributed by atoms with Gasteiger partial charge >= 0.3 is 0 Å². The van der Waals surface area contributed by atoms with E-state index in [-0.39, 0.29) is 5.75 Å². The van der Waals surface area contributed by atoms with Crippen molar-refractivity contribution in [1.82, 2.24) is 5.32 Å². The molecule has 94 valence electrons. The second kappa shape index (κ2) is 5.07. The molecule has 1 aromatic rings. The normalized spacial score (nSPS) is 24.2. The van der Waals surface area contributed by atoms with Crippen molar-refractivity contribution >= 4 is 0 Å². The van der Waals surface area contributed by atoms with Crippen LogP contribution in [-0.2, 0) is 5.60 Å². The van der Waals surface area contributed by atoms with Gasteiger partial charge in [-0.1, -0.05) is 24.6 Å². The third-order valence-electron chi connectivity index (χ3n) is 3.54. The fraction of sp³-hybridized carbons (Fsp3) is 0.571. The number of phenolic OH excluding ortho intramolecular Hbond substituents is 1. The van der Waals surface area contributed by atoms with Crippen LogP contribution < -0.4 is 5.32 Å². The maximum absolute atomic E-state index is 10.5. The molecule has 1 heterocycles. The summed E-state index contributed by atoms with van der Waals surface area (Å²) in [6.07, 6.45) is 4.18. The first kappa shape index (κ1) is 12.4. The fourth-order valence-corrected chi connectivity index (χ4v) is 2.62. The van der Waals surface area contributed by atoms with E-state index >= 15 is 0 Å². The van der Waals surface area contributed by atoms with Gasteiger partial charge in [-0.3, -0.25) is 0 Å². The van der Waals surface area contributed by atoms with Gasteiger partial charge in [0.1, 0.15) is 5.75 Å². The number of rotatable bonds is 3. The second-order valence-electron chi connectivity index (χ2n) is 5.14. The maximum Gasteiger partial charge on any atom is 0.121 e. The van der Waals surface area contributed by atoms with Gasteiger partial charge in [0.2, 0.25) is 0 Å². The van der Waals surface area contributed by atoms with E-state index in [4.69, 9.17) is 0 Å². The Kier molecular flexibility index (Phi) is 3.69. The number of para-hydroxylation sites is 1. The molecule has 0 aliphatic carbocycles. The van der Waals surface area contributed by atoms with Crippen molar-refractivity contribution in [2.24, 2.45) is 0 Å². The molecule has 3 N–H and O–H groups in total. The predicted molar refractivity (Wildman–Crippen MR) is 67.9 cm³/mol. The molecule has 1 aromatic carbocycles. The molecule has 1 saturated heterocycles. The van der Waals surface area contributed by atoms with Gasteiger partial charge in [-0.25, -0.2) is 0 Å². The van der Waals surface area contributed by atoms with Gasteiger partial charge in [0.15, 0.2) is 0 Å². The monoisotopic (exact) mass is 235 g/mol. The molecule has 0 spiro atoms. The Morgan fingerprint density at radius 1 is 1.35 bits per heavy atom. The minimum Gasteiger partial charge on any atom is -0.508 e. The number of hydrogen-bond donors (Lipinski definition) is 3. The highest BCUT2D eigenvalue weighted by Crippen LogP contribution is 2.33. The largest absolute Gasteiger partial charge is 0.508 e. The van der Waals surface area contributed by atoms with E-state index in [2.05, 4.69) is 5.32 Å². The Bertz CT molecular complexity index is 370. The van der Waals surface area contributed by atoms with E-state index in [1.807, 2.05) is 6.07 Å². The lowest BCUT2D eigenvalue weighted by Gasteiger charge is -2.32. The Morgan fingerprint density at radius 3 is 2.76 bits per heavy atom. The quantitative estimate of drug-likeness (QED) is 0.752. The Morgan fingerprint density at radius 2 is 2.12 bits per heavy atom. The summed E-state index contributed by atoms with van der Waals surface area (Å²) in [5, 5.41) is 23.7. The zero-order chi connectivity index (χ0) is 12.3. The van der Waals surface area contributed by atoms with Crippen molar-refractivity contribution in [3.8, 4) is 5.75 Å². The Balaban J connectivity index is 2.10. The van der Waals surface area contributed by atoms with Crippen molar-refractivity contribution in [2.45, 2.75) is 44.2 Å². The average molecular weight is 235 g/mol. The van der Waals surface area contributed by atoms with Gasteiger partial charge in [0.25, 0.3) is 0 Å². The smallest absolute Gasteiger partial charge is 0.121 e. The van der Waals surface area contributed by atoms with E-state index in [9.17, 15) is 10.2 Å². The molecule has 0 radical (unpaired) electrons. The highest BCUT2D eigenvalue weighted by atomic mass is 16.3. The van der Waals surface area contributed by atoms with Crippen LogP contribution in [0.3, 0.4) is 0 Å². The van der Waals surface area contributed by atoms with Crippen molar-refractivity contribution in [3.63, 3.8) is 0 Å². The highest BCUT2D eigenvalue weighted by Gasteiger charge is 2.30. The number of aromatic hydroxyl groups is 1. The van der Waals surface area contributed by atoms with Crippen LogP contribution in [-0.4, -0.2) is 22.8 Å². The zero-order valence-corrected chi connectivity index (χ0v) is 10.3. The Labute approximate surface area is 102 Å². The van der Waals surface area contributed by atoms with Gasteiger partial charge in [0, 0.05) is 11.6 Å². The summed E-state index contributed by atoms with van der Waals surface area (Å²) in [5.41, 5.74) is -0.354. The van der Waals surface area contributed by atoms with Crippen LogP contribution >= 0.6 is 0 Å². The van der Waals surface area contributed by atoms with E-state index in [1.165, 1.54) is 12.8 Å². The number of benzene rings is 1. The summed E-state index contributed by atoms with van der Waals surface area (Å²) in [6, 6.07) is 7.38. The van der Waals surface area contributed by atoms with Crippen LogP contribution in [0, 0.1) is 0 Å². The molecule has 3 heteroatoms. The molecule has 0 aromatic heterocycles. The summed E-state index contributed by atoms with van der Waals surface area (Å²) < 4.78 is 0. The van der Waals surface area contributed by atoms with Crippen molar-refractivity contribution in [2.75, 3.05) is 6.54 Å². The summed E-state index contributed by atoms with van der Waals surface area (Å²) in [7, 11) is 0. The lowest BCUT2D eigenvalue weighted by molar-refractivity contribution is 0.0311. The zero-order valence-electron chi connectivity index (χ0n) is 10.3. The van der Waals surface area contributed by atoms with Gasteiger partial charge in [-0.05, 0) is 38.8 Å². The molecule has 0 bridgehead atoms. The van der Waals surface area contributed by atoms with Crippen molar-refractivity contribution in [1.29, 1.82) is 0 Å². The molecule has 17 heavy (non-hydrogen) atoms. The van der Waals surface area contributed by atoms with E-state index in [0.717, 1.165) is 13.0 Å². The third kappa shape index (κ3) is 2.99. The minimum absolute atomic E-state index is 0.174. The standard InChI is InChI=1S/C14H21NO2/c1-14(17,10-11-6-4-5-9-15-11)12-7-2-3-8-13(12)16/h2-3,7-8,11,15-17H,4-6,9-10H2,1H3. The van der Waals surface area contributed by atoms with Crippen LogP contribution in [0.2, 0.25) is 0 Å². The molecule has 2 rings (SSSR count). The number of piperidine rings is 1. The first-order chi connectivity index (χ1) is 8.09. The summed E-state index contributed by atoms with van der Waals surface area (Å²) in [6.45, 7) is 2.81. The molecule has 1 aliphatic heterocycles. The first-order valence-electron chi connectivity index (χ1n) is 6.34. The number of aliphatic hydroxyl groups is 1. The number of phenols is 1. The van der Waals surface area contributed by atoms with Gasteiger partial charge in [0.05, 0.1) is 5.60 Å². The highest BCUT2D eigenvalue weighted by molar-refractivity contribution is 5.36. The van der Waals surface area contributed by atoms with Gasteiger partial charge in [-0.2, -0.15) is 0 Å². The van der Waals surface area contributed by atoms with E-state index in [1.54, 1.807) is 25.1 Å². The van der Waals surface area contributed by atoms with E-state index < -0.39 is 5.60 Å². The molecular weight excluding hydrogens is 214 g/mol. The summed E-state index contributed by atoms with van der Waals surface area (Å²) in [4.78, 5) is 0. The Hall–Kier alpha value is -1.06. The van der Waals surface area contributed by atoms with Crippen LogP contribution in [0.4, 0.5) is 0 Å². The molecule has 3 nitrogen and oxygen atoms in total. The lowest BCUT2D eigenvalue weighted by Crippen LogP contribution is -2.39. The van der Waals surface area contributed by atoms with Crippen LogP contribution in [0.15, 0.2) is 24.3 Å². The van der Waals surface area contributed by atoms with Gasteiger partial charge in [-0.15, -0.1) is 0 Å². The average Bonchev–Trinajstić information content (AvgIpc) is 2.30. The molecule has 0 saturated carbocycles. The summed E-state index contributed by atoms with van der Waals surface area (Å²) in [5.74, 6) is 0.174. The molecule has 0 amide bonds. The fourth-order valence-electron chi connectivity index (χ4n) is 2.62. The third-order valence-corrected chi connectivity index (χ3v) is 3.54. The SMILES string of the molecule is CC(O)(CC1CCCCN1)c1ccccc1O. The predicted octanol–water partition coefficient (Wildman–Crippen LogP) is 2.13. The molecule has 2 unspecified atom stereocenters. The molecular formula is C14H21NO2.